The van der Waals surface area contributed by atoms with Crippen molar-refractivity contribution in [1.29, 1.82) is 5.26 Å². The molecule has 2 atom stereocenters. The predicted octanol–water partition coefficient (Wildman–Crippen LogP) is 8.37. The van der Waals surface area contributed by atoms with Gasteiger partial charge in [0, 0.05) is 48.7 Å². The maximum atomic E-state index is 11.0. The molecule has 5 rings (SSSR count). The summed E-state index contributed by atoms with van der Waals surface area (Å²) in [6.45, 7) is 5.00. The van der Waals surface area contributed by atoms with Gasteiger partial charge in [0.05, 0.1) is 47.8 Å². The largest absolute Gasteiger partial charge is 0.496 e. The molecule has 13 nitrogen and oxygen atoms in total. The number of carboxylic acids is 2. The summed E-state index contributed by atoms with van der Waals surface area (Å²) in [5.41, 5.74) is 8.51. The molecule has 0 bridgehead atoms. The molecule has 0 aliphatic rings. The van der Waals surface area contributed by atoms with Gasteiger partial charge in [-0.3, -0.25) is 14.6 Å². The molecule has 4 aromatic carbocycles. The van der Waals surface area contributed by atoms with Crippen molar-refractivity contribution < 1.29 is 49.0 Å². The van der Waals surface area contributed by atoms with Gasteiger partial charge in [0.2, 0.25) is 0 Å². The van der Waals surface area contributed by atoms with E-state index in [9.17, 15) is 25.1 Å². The number of hydrogen-bond acceptors (Lipinski definition) is 11. The van der Waals surface area contributed by atoms with Gasteiger partial charge < -0.3 is 44.7 Å². The SMILES string of the molecule is COc1cc(OCc2cccc(-c3cccc(COc4cc(OCc5cncc(C#N)c5)c(CCC[C@@H](O)CC(=O)O)cc4Cl)c3C)c2C)c(Cl)cc1CNC[C@@H](O)CC(=O)O. The van der Waals surface area contributed by atoms with E-state index in [4.69, 9.17) is 52.4 Å². The summed E-state index contributed by atoms with van der Waals surface area (Å²) in [4.78, 5) is 26.0. The summed E-state index contributed by atoms with van der Waals surface area (Å²) in [6.07, 6.45) is 1.62. The molecule has 5 N–H and O–H groups in total. The van der Waals surface area contributed by atoms with E-state index in [1.165, 1.54) is 13.3 Å². The van der Waals surface area contributed by atoms with E-state index in [1.54, 1.807) is 36.5 Å². The molecule has 1 heterocycles. The fourth-order valence-electron chi connectivity index (χ4n) is 6.87. The second-order valence-electron chi connectivity index (χ2n) is 14.8. The van der Waals surface area contributed by atoms with E-state index in [1.807, 2.05) is 38.1 Å². The lowest BCUT2D eigenvalue weighted by molar-refractivity contribution is -0.140. The fraction of sp³-hybridized carbons (Fsp3) is 0.319. The number of aryl methyl sites for hydroxylation is 1. The predicted molar refractivity (Wildman–Crippen MR) is 234 cm³/mol. The van der Waals surface area contributed by atoms with Crippen LogP contribution in [0.25, 0.3) is 11.1 Å². The van der Waals surface area contributed by atoms with E-state index in [-0.39, 0.29) is 45.6 Å². The monoisotopic (exact) mass is 885 g/mol. The van der Waals surface area contributed by atoms with Crippen LogP contribution in [0.2, 0.25) is 10.0 Å². The highest BCUT2D eigenvalue weighted by molar-refractivity contribution is 6.32. The number of nitrogens with one attached hydrogen (secondary N) is 1. The molecule has 1 aromatic heterocycles. The van der Waals surface area contributed by atoms with Crippen LogP contribution in [0.1, 0.15) is 70.2 Å². The summed E-state index contributed by atoms with van der Waals surface area (Å²) in [5.74, 6) is -0.297. The number of carbonyl (C=O) groups is 2. The molecular weight excluding hydrogens is 837 g/mol. The number of benzene rings is 4. The third-order valence-electron chi connectivity index (χ3n) is 10.2. The average Bonchev–Trinajstić information content (AvgIpc) is 3.23. The lowest BCUT2D eigenvalue weighted by Gasteiger charge is -2.19. The summed E-state index contributed by atoms with van der Waals surface area (Å²) < 4.78 is 24.4. The van der Waals surface area contributed by atoms with Gasteiger partial charge >= 0.3 is 11.9 Å². The number of aromatic nitrogens is 1. The van der Waals surface area contributed by atoms with Crippen molar-refractivity contribution in [3.8, 4) is 40.2 Å². The lowest BCUT2D eigenvalue weighted by Crippen LogP contribution is -2.28. The third-order valence-corrected chi connectivity index (χ3v) is 10.8. The standard InChI is InChI=1S/C47H49Cl2N3O10/c1-28-33(26-61-44-18-42(59-3)35(15-41(44)49)23-52-24-37(54)17-47(57)58)8-5-11-38(28)39-12-6-9-34(29(39)2)27-62-45-19-43(60-25-31-13-30(20-50)21-51-22-31)32(14-40(45)48)7-4-10-36(53)16-46(55)56/h5-6,8-9,11-15,18-19,21-22,36-37,52-54H,4,7,10,16-17,23-27H2,1-3H3,(H,55,56)(H,57,58)/t36-,37+/m1/s1. The Kier molecular flexibility index (Phi) is 17.4. The van der Waals surface area contributed by atoms with Crippen molar-refractivity contribution in [3.63, 3.8) is 0 Å². The summed E-state index contributed by atoms with van der Waals surface area (Å²) >= 11 is 13.4. The smallest absolute Gasteiger partial charge is 0.306 e. The Bertz CT molecular complexity index is 2400. The zero-order valence-electron chi connectivity index (χ0n) is 34.6. The molecule has 0 amide bonds. The lowest BCUT2D eigenvalue weighted by atomic mass is 9.92. The molecule has 0 radical (unpaired) electrons. The van der Waals surface area contributed by atoms with Crippen LogP contribution in [0.4, 0.5) is 0 Å². The Labute approximate surface area is 370 Å². The second-order valence-corrected chi connectivity index (χ2v) is 15.6. The van der Waals surface area contributed by atoms with Gasteiger partial charge in [0.1, 0.15) is 48.9 Å². The minimum Gasteiger partial charge on any atom is -0.496 e. The van der Waals surface area contributed by atoms with Crippen molar-refractivity contribution in [2.24, 2.45) is 0 Å². The number of aliphatic hydroxyl groups excluding tert-OH is 2. The third kappa shape index (κ3) is 13.3. The number of aliphatic carboxylic acids is 2. The number of pyridine rings is 1. The number of halogens is 2. The maximum absolute atomic E-state index is 11.0. The first-order chi connectivity index (χ1) is 29.8. The van der Waals surface area contributed by atoms with Crippen molar-refractivity contribution in [2.45, 2.75) is 84.5 Å². The van der Waals surface area contributed by atoms with Crippen LogP contribution < -0.4 is 24.3 Å². The molecule has 5 aromatic rings. The number of nitrogens with zero attached hydrogens (tertiary/aromatic N) is 2. The summed E-state index contributed by atoms with van der Waals surface area (Å²) in [7, 11) is 1.53. The quantitative estimate of drug-likeness (QED) is 0.0419. The number of carboxylic acid groups (broad SMARTS) is 2. The van der Waals surface area contributed by atoms with Crippen LogP contribution in [0, 0.1) is 25.2 Å². The molecule has 62 heavy (non-hydrogen) atoms. The zero-order chi connectivity index (χ0) is 44.8. The number of aliphatic hydroxyl groups is 2. The Morgan fingerprint density at radius 2 is 1.31 bits per heavy atom. The molecular formula is C47H49Cl2N3O10. The van der Waals surface area contributed by atoms with Crippen LogP contribution in [-0.4, -0.2) is 63.2 Å². The normalized spacial score (nSPS) is 12.0. The van der Waals surface area contributed by atoms with Gasteiger partial charge in [-0.2, -0.15) is 5.26 Å². The summed E-state index contributed by atoms with van der Waals surface area (Å²) in [6, 6.07) is 22.7. The van der Waals surface area contributed by atoms with E-state index in [0.29, 0.717) is 63.6 Å². The Morgan fingerprint density at radius 1 is 0.742 bits per heavy atom. The minimum atomic E-state index is -1.08. The fourth-order valence-corrected chi connectivity index (χ4v) is 7.35. The molecule has 0 spiro atoms. The number of hydrogen-bond donors (Lipinski definition) is 5. The van der Waals surface area contributed by atoms with Crippen LogP contribution in [0.15, 0.2) is 79.1 Å². The Morgan fingerprint density at radius 3 is 1.89 bits per heavy atom. The first-order valence-electron chi connectivity index (χ1n) is 19.8. The van der Waals surface area contributed by atoms with Crippen molar-refractivity contribution in [1.82, 2.24) is 10.3 Å². The molecule has 326 valence electrons. The van der Waals surface area contributed by atoms with E-state index in [0.717, 1.165) is 44.5 Å². The van der Waals surface area contributed by atoms with Gasteiger partial charge in [-0.15, -0.1) is 0 Å². The highest BCUT2D eigenvalue weighted by Gasteiger charge is 2.18. The van der Waals surface area contributed by atoms with Crippen LogP contribution in [-0.2, 0) is 42.4 Å². The molecule has 0 fully saturated rings. The molecule has 0 saturated carbocycles. The highest BCUT2D eigenvalue weighted by atomic mass is 35.5. The summed E-state index contributed by atoms with van der Waals surface area (Å²) in [5, 5.41) is 51.0. The minimum absolute atomic E-state index is 0.0873. The average molecular weight is 887 g/mol. The number of rotatable bonds is 23. The van der Waals surface area contributed by atoms with Crippen LogP contribution in [0.3, 0.4) is 0 Å². The van der Waals surface area contributed by atoms with Crippen LogP contribution >= 0.6 is 23.2 Å². The van der Waals surface area contributed by atoms with Crippen LogP contribution in [0.5, 0.6) is 23.0 Å². The Balaban J connectivity index is 1.30. The Hall–Kier alpha value is -5.88. The van der Waals surface area contributed by atoms with Crippen molar-refractivity contribution in [3.05, 3.63) is 134 Å². The number of nitriles is 1. The van der Waals surface area contributed by atoms with Gasteiger partial charge in [-0.25, -0.2) is 0 Å². The van der Waals surface area contributed by atoms with Gasteiger partial charge in [-0.05, 0) is 90.3 Å². The molecule has 0 saturated heterocycles. The van der Waals surface area contributed by atoms with Gasteiger partial charge in [-0.1, -0.05) is 59.6 Å². The molecule has 15 heteroatoms. The van der Waals surface area contributed by atoms with Gasteiger partial charge in [0.25, 0.3) is 0 Å². The molecule has 0 unspecified atom stereocenters. The number of ether oxygens (including phenoxy) is 4. The first kappa shape index (κ1) is 47.2. The number of methoxy groups -OCH3 is 1. The molecule has 0 aliphatic carbocycles. The maximum Gasteiger partial charge on any atom is 0.306 e. The van der Waals surface area contributed by atoms with Gasteiger partial charge in [0.15, 0.2) is 0 Å². The van der Waals surface area contributed by atoms with E-state index >= 15 is 0 Å². The zero-order valence-corrected chi connectivity index (χ0v) is 36.1. The second kappa shape index (κ2) is 22.8. The van der Waals surface area contributed by atoms with Crippen molar-refractivity contribution in [2.75, 3.05) is 13.7 Å². The first-order valence-corrected chi connectivity index (χ1v) is 20.6. The molecule has 0 aliphatic heterocycles. The van der Waals surface area contributed by atoms with Crippen molar-refractivity contribution >= 4 is 35.1 Å². The topological polar surface area (TPSA) is 201 Å². The highest BCUT2D eigenvalue weighted by Crippen LogP contribution is 2.37. The van der Waals surface area contributed by atoms with E-state index in [2.05, 4.69) is 28.5 Å². The van der Waals surface area contributed by atoms with E-state index < -0.39 is 24.1 Å².